The molecule has 5 aromatic rings. The van der Waals surface area contributed by atoms with Crippen LogP contribution in [0.4, 0.5) is 0 Å². The molecule has 4 heteroatoms. The molecule has 0 atom stereocenters. The minimum absolute atomic E-state index is 0.864. The first-order valence-corrected chi connectivity index (χ1v) is 13.7. The van der Waals surface area contributed by atoms with Gasteiger partial charge in [0.1, 0.15) is 13.1 Å². The Morgan fingerprint density at radius 2 is 0.632 bits per heavy atom. The molecule has 5 rings (SSSR count). The van der Waals surface area contributed by atoms with Gasteiger partial charge in [-0.25, -0.2) is 18.3 Å². The normalized spacial score (nSPS) is 11.0. The highest BCUT2D eigenvalue weighted by Gasteiger charge is 2.09. The summed E-state index contributed by atoms with van der Waals surface area (Å²) < 4.78 is 8.94. The van der Waals surface area contributed by atoms with Gasteiger partial charge in [0.25, 0.3) is 0 Å². The minimum Gasteiger partial charge on any atom is -0.205 e. The lowest BCUT2D eigenvalue weighted by atomic mass is 10.1. The molecule has 0 saturated carbocycles. The number of hydrogen-bond donors (Lipinski definition) is 0. The monoisotopic (exact) mass is 502 g/mol. The number of benzene rings is 1. The molecule has 0 aliphatic rings. The Kier molecular flexibility index (Phi) is 8.29. The van der Waals surface area contributed by atoms with Crippen molar-refractivity contribution in [3.8, 4) is 22.3 Å². The van der Waals surface area contributed by atoms with Crippen LogP contribution < -0.4 is 18.3 Å². The predicted octanol–water partition coefficient (Wildman–Crippen LogP) is 5.09. The molecule has 0 amide bonds. The molecule has 0 aliphatic heterocycles. The molecule has 0 saturated heterocycles. The fourth-order valence-electron chi connectivity index (χ4n) is 4.80. The zero-order chi connectivity index (χ0) is 26.2. The first kappa shape index (κ1) is 25.5. The van der Waals surface area contributed by atoms with Crippen molar-refractivity contribution in [3.63, 3.8) is 0 Å². The van der Waals surface area contributed by atoms with Crippen molar-refractivity contribution in [3.05, 3.63) is 133 Å². The molecule has 0 spiro atoms. The van der Waals surface area contributed by atoms with E-state index in [0.717, 1.165) is 39.0 Å². The molecule has 190 valence electrons. The van der Waals surface area contributed by atoms with Gasteiger partial charge in [0.15, 0.2) is 62.7 Å². The standard InChI is InChI=1S/C34H38N4/c1-3-17-35-19-9-31(10-20-35)33-13-23-37(24-14-33)27-29-5-7-30(8-6-29)28-38-25-15-34(16-26-38)32-11-21-36(18-4-2)22-12-32/h5-16,19-26H,3-4,17-18,27-28H2,1-2H3/q+4. The molecule has 4 nitrogen and oxygen atoms in total. The van der Waals surface area contributed by atoms with Crippen LogP contribution in [0, 0.1) is 0 Å². The molecule has 0 unspecified atom stereocenters. The number of nitrogens with zero attached hydrogens (tertiary/aromatic N) is 4. The van der Waals surface area contributed by atoms with E-state index in [-0.39, 0.29) is 0 Å². The molecule has 38 heavy (non-hydrogen) atoms. The Morgan fingerprint density at radius 1 is 0.368 bits per heavy atom. The van der Waals surface area contributed by atoms with Gasteiger partial charge < -0.3 is 0 Å². The van der Waals surface area contributed by atoms with Gasteiger partial charge in [0.2, 0.25) is 0 Å². The number of pyridine rings is 4. The summed E-state index contributed by atoms with van der Waals surface area (Å²) in [6, 6.07) is 26.6. The third-order valence-electron chi connectivity index (χ3n) is 6.95. The molecule has 0 N–H and O–H groups in total. The number of rotatable bonds is 10. The fraction of sp³-hybridized carbons (Fsp3) is 0.235. The van der Waals surface area contributed by atoms with Crippen LogP contribution >= 0.6 is 0 Å². The Hall–Kier alpha value is -4.18. The van der Waals surface area contributed by atoms with Gasteiger partial charge in [0.05, 0.1) is 0 Å². The summed E-state index contributed by atoms with van der Waals surface area (Å²) in [7, 11) is 0. The lowest BCUT2D eigenvalue weighted by Crippen LogP contribution is -2.34. The summed E-state index contributed by atoms with van der Waals surface area (Å²) in [5.41, 5.74) is 7.60. The van der Waals surface area contributed by atoms with Crippen LogP contribution in [-0.2, 0) is 26.2 Å². The van der Waals surface area contributed by atoms with E-state index >= 15 is 0 Å². The molecule has 0 bridgehead atoms. The van der Waals surface area contributed by atoms with Crippen molar-refractivity contribution in [2.45, 2.75) is 52.9 Å². The maximum atomic E-state index is 2.24. The summed E-state index contributed by atoms with van der Waals surface area (Å²) >= 11 is 0. The van der Waals surface area contributed by atoms with Crippen LogP contribution in [0.25, 0.3) is 22.3 Å². The van der Waals surface area contributed by atoms with Crippen LogP contribution in [0.5, 0.6) is 0 Å². The van der Waals surface area contributed by atoms with Crippen LogP contribution in [0.2, 0.25) is 0 Å². The first-order chi connectivity index (χ1) is 18.7. The quantitative estimate of drug-likeness (QED) is 0.237. The Balaban J connectivity index is 1.17. The lowest BCUT2D eigenvalue weighted by molar-refractivity contribution is -0.697. The van der Waals surface area contributed by atoms with Gasteiger partial charge in [-0.1, -0.05) is 38.1 Å². The van der Waals surface area contributed by atoms with Gasteiger partial charge in [-0.15, -0.1) is 0 Å². The molecule has 1 aromatic carbocycles. The summed E-state index contributed by atoms with van der Waals surface area (Å²) in [6.07, 6.45) is 19.6. The highest BCUT2D eigenvalue weighted by molar-refractivity contribution is 5.61. The highest BCUT2D eigenvalue weighted by atomic mass is 14.9. The molecule has 0 aliphatic carbocycles. The van der Waals surface area contributed by atoms with E-state index in [1.165, 1.54) is 33.4 Å². The molecule has 4 aromatic heterocycles. The Bertz CT molecular complexity index is 1310. The fourth-order valence-corrected chi connectivity index (χ4v) is 4.80. The molecule has 0 radical (unpaired) electrons. The van der Waals surface area contributed by atoms with Crippen LogP contribution in [-0.4, -0.2) is 0 Å². The maximum Gasteiger partial charge on any atom is 0.173 e. The summed E-state index contributed by atoms with van der Waals surface area (Å²) in [5, 5.41) is 0. The average molecular weight is 503 g/mol. The molecule has 4 heterocycles. The zero-order valence-corrected chi connectivity index (χ0v) is 22.6. The molecular formula is C34H38N4+4. The number of hydrogen-bond acceptors (Lipinski definition) is 0. The minimum atomic E-state index is 0.864. The lowest BCUT2D eigenvalue weighted by Gasteiger charge is -2.04. The van der Waals surface area contributed by atoms with Gasteiger partial charge in [-0.05, 0) is 22.3 Å². The van der Waals surface area contributed by atoms with Crippen molar-refractivity contribution in [1.29, 1.82) is 0 Å². The number of aryl methyl sites for hydroxylation is 2. The Labute approximate surface area is 226 Å². The summed E-state index contributed by atoms with van der Waals surface area (Å²) in [6.45, 7) is 8.26. The third-order valence-corrected chi connectivity index (χ3v) is 6.95. The summed E-state index contributed by atoms with van der Waals surface area (Å²) in [5.74, 6) is 0. The highest BCUT2D eigenvalue weighted by Crippen LogP contribution is 2.17. The van der Waals surface area contributed by atoms with E-state index in [9.17, 15) is 0 Å². The van der Waals surface area contributed by atoms with Crippen molar-refractivity contribution in [1.82, 2.24) is 0 Å². The topological polar surface area (TPSA) is 15.5 Å². The third kappa shape index (κ3) is 6.57. The summed E-state index contributed by atoms with van der Waals surface area (Å²) in [4.78, 5) is 0. The van der Waals surface area contributed by atoms with E-state index in [2.05, 4.69) is 154 Å². The van der Waals surface area contributed by atoms with E-state index < -0.39 is 0 Å². The van der Waals surface area contributed by atoms with E-state index in [1.54, 1.807) is 0 Å². The second-order valence-corrected chi connectivity index (χ2v) is 9.98. The van der Waals surface area contributed by atoms with Crippen LogP contribution in [0.1, 0.15) is 37.8 Å². The zero-order valence-electron chi connectivity index (χ0n) is 22.6. The Morgan fingerprint density at radius 3 is 0.895 bits per heavy atom. The van der Waals surface area contributed by atoms with Gasteiger partial charge in [-0.3, -0.25) is 0 Å². The van der Waals surface area contributed by atoms with Crippen molar-refractivity contribution < 1.29 is 18.3 Å². The molecule has 0 fully saturated rings. The van der Waals surface area contributed by atoms with Gasteiger partial charge in [-0.2, -0.15) is 0 Å². The van der Waals surface area contributed by atoms with Gasteiger partial charge >= 0.3 is 0 Å². The van der Waals surface area contributed by atoms with Crippen LogP contribution in [0.15, 0.2) is 122 Å². The second kappa shape index (κ2) is 12.4. The van der Waals surface area contributed by atoms with E-state index in [1.807, 2.05) is 0 Å². The number of aromatic nitrogens is 4. The van der Waals surface area contributed by atoms with Crippen molar-refractivity contribution >= 4 is 0 Å². The molecular weight excluding hydrogens is 464 g/mol. The van der Waals surface area contributed by atoms with Crippen molar-refractivity contribution in [2.24, 2.45) is 0 Å². The van der Waals surface area contributed by atoms with E-state index in [4.69, 9.17) is 0 Å². The van der Waals surface area contributed by atoms with Crippen molar-refractivity contribution in [2.75, 3.05) is 0 Å². The van der Waals surface area contributed by atoms with Gasteiger partial charge in [0, 0.05) is 72.5 Å². The first-order valence-electron chi connectivity index (χ1n) is 13.7. The SMILES string of the molecule is CCC[n+]1ccc(-c2cc[n+](Cc3ccc(C[n+]4ccc(-c5cc[n+](CCC)cc5)cc4)cc3)cc2)cc1. The maximum absolute atomic E-state index is 2.24. The van der Waals surface area contributed by atoms with E-state index in [0.29, 0.717) is 0 Å². The second-order valence-electron chi connectivity index (χ2n) is 9.98. The average Bonchev–Trinajstić information content (AvgIpc) is 2.96. The predicted molar refractivity (Wildman–Crippen MR) is 150 cm³/mol. The smallest absolute Gasteiger partial charge is 0.173 e. The largest absolute Gasteiger partial charge is 0.205 e. The van der Waals surface area contributed by atoms with Crippen LogP contribution in [0.3, 0.4) is 0 Å².